The van der Waals surface area contributed by atoms with Gasteiger partial charge in [-0.3, -0.25) is 0 Å². The van der Waals surface area contributed by atoms with Crippen molar-refractivity contribution in [3.63, 3.8) is 0 Å². The van der Waals surface area contributed by atoms with Gasteiger partial charge in [0.15, 0.2) is 6.61 Å². The molecule has 0 aliphatic heterocycles. The molecule has 1 aromatic rings. The number of unbranched alkanes of at least 4 members (excludes halogenated alkanes) is 2. The number of carbonyl (C=O) groups is 1. The molecule has 3 heteroatoms. The lowest BCUT2D eigenvalue weighted by Crippen LogP contribution is -2.19. The maximum atomic E-state index is 11.7. The highest BCUT2D eigenvalue weighted by Crippen LogP contribution is 2.16. The van der Waals surface area contributed by atoms with Crippen molar-refractivity contribution in [2.24, 2.45) is 5.92 Å². The molecule has 0 spiro atoms. The molecule has 0 bridgehead atoms. The SMILES string of the molecule is CCCCCC(CCC)COC(=O)COc1ccccc1. The molecule has 1 atom stereocenters. The highest BCUT2D eigenvalue weighted by molar-refractivity contribution is 5.71. The fourth-order valence-electron chi connectivity index (χ4n) is 2.31. The lowest BCUT2D eigenvalue weighted by molar-refractivity contribution is -0.147. The molecule has 0 N–H and O–H groups in total. The monoisotopic (exact) mass is 292 g/mol. The first-order chi connectivity index (χ1) is 10.3. The second-order valence-corrected chi connectivity index (χ2v) is 5.44. The van der Waals surface area contributed by atoms with Crippen LogP contribution in [0.5, 0.6) is 5.75 Å². The van der Waals surface area contributed by atoms with Crippen LogP contribution >= 0.6 is 0 Å². The zero-order valence-corrected chi connectivity index (χ0v) is 13.3. The Morgan fingerprint density at radius 2 is 1.81 bits per heavy atom. The average Bonchev–Trinajstić information content (AvgIpc) is 2.52. The van der Waals surface area contributed by atoms with E-state index in [9.17, 15) is 4.79 Å². The van der Waals surface area contributed by atoms with Crippen LogP contribution in [0, 0.1) is 5.92 Å². The largest absolute Gasteiger partial charge is 0.482 e. The average molecular weight is 292 g/mol. The van der Waals surface area contributed by atoms with E-state index in [1.165, 1.54) is 19.3 Å². The molecule has 0 fully saturated rings. The fraction of sp³-hybridized carbons (Fsp3) is 0.611. The summed E-state index contributed by atoms with van der Waals surface area (Å²) in [6, 6.07) is 9.34. The van der Waals surface area contributed by atoms with E-state index in [2.05, 4.69) is 13.8 Å². The molecule has 0 aliphatic rings. The number of hydrogen-bond acceptors (Lipinski definition) is 3. The molecule has 0 heterocycles. The minimum Gasteiger partial charge on any atom is -0.482 e. The summed E-state index contributed by atoms with van der Waals surface area (Å²) in [4.78, 5) is 11.7. The molecule has 0 amide bonds. The number of rotatable bonds is 11. The van der Waals surface area contributed by atoms with Crippen molar-refractivity contribution in [3.05, 3.63) is 30.3 Å². The number of para-hydroxylation sites is 1. The van der Waals surface area contributed by atoms with E-state index in [0.29, 0.717) is 18.3 Å². The van der Waals surface area contributed by atoms with Gasteiger partial charge in [-0.1, -0.05) is 57.7 Å². The van der Waals surface area contributed by atoms with Crippen LogP contribution < -0.4 is 4.74 Å². The molecular weight excluding hydrogens is 264 g/mol. The second-order valence-electron chi connectivity index (χ2n) is 5.44. The van der Waals surface area contributed by atoms with Gasteiger partial charge in [0.05, 0.1) is 6.61 Å². The summed E-state index contributed by atoms with van der Waals surface area (Å²) in [6.07, 6.45) is 7.11. The Bertz CT molecular complexity index is 375. The van der Waals surface area contributed by atoms with E-state index in [4.69, 9.17) is 9.47 Å². The van der Waals surface area contributed by atoms with Gasteiger partial charge in [-0.25, -0.2) is 4.79 Å². The van der Waals surface area contributed by atoms with Gasteiger partial charge >= 0.3 is 5.97 Å². The summed E-state index contributed by atoms with van der Waals surface area (Å²) in [5.74, 6) is 0.903. The summed E-state index contributed by atoms with van der Waals surface area (Å²) in [5, 5.41) is 0. The smallest absolute Gasteiger partial charge is 0.344 e. The van der Waals surface area contributed by atoms with Crippen molar-refractivity contribution in [1.29, 1.82) is 0 Å². The summed E-state index contributed by atoms with van der Waals surface area (Å²) in [5.41, 5.74) is 0. The zero-order chi connectivity index (χ0) is 15.3. The predicted octanol–water partition coefficient (Wildman–Crippen LogP) is 4.61. The predicted molar refractivity (Wildman–Crippen MR) is 85.4 cm³/mol. The molecule has 21 heavy (non-hydrogen) atoms. The number of ether oxygens (including phenoxy) is 2. The highest BCUT2D eigenvalue weighted by Gasteiger charge is 2.11. The van der Waals surface area contributed by atoms with Crippen LogP contribution in [0.2, 0.25) is 0 Å². The Labute approximate surface area is 128 Å². The number of carbonyl (C=O) groups excluding carboxylic acids is 1. The minimum atomic E-state index is -0.282. The van der Waals surface area contributed by atoms with Gasteiger partial charge < -0.3 is 9.47 Å². The summed E-state index contributed by atoms with van der Waals surface area (Å²) >= 11 is 0. The molecule has 0 saturated carbocycles. The van der Waals surface area contributed by atoms with Crippen molar-refractivity contribution >= 4 is 5.97 Å². The Kier molecular flexibility index (Phi) is 9.34. The molecule has 0 saturated heterocycles. The molecule has 1 aromatic carbocycles. The number of hydrogen-bond donors (Lipinski definition) is 0. The topological polar surface area (TPSA) is 35.5 Å². The van der Waals surface area contributed by atoms with E-state index >= 15 is 0 Å². The van der Waals surface area contributed by atoms with E-state index in [-0.39, 0.29) is 12.6 Å². The highest BCUT2D eigenvalue weighted by atomic mass is 16.6. The van der Waals surface area contributed by atoms with E-state index < -0.39 is 0 Å². The van der Waals surface area contributed by atoms with Gasteiger partial charge in [0.1, 0.15) is 5.75 Å². The molecular formula is C18H28O3. The van der Waals surface area contributed by atoms with Crippen LogP contribution in [0.1, 0.15) is 52.4 Å². The Balaban J connectivity index is 2.22. The van der Waals surface area contributed by atoms with Crippen LogP contribution in [0.15, 0.2) is 30.3 Å². The standard InChI is InChI=1S/C18H28O3/c1-3-5-7-11-16(10-4-2)14-21-18(19)15-20-17-12-8-6-9-13-17/h6,8-9,12-13,16H,3-5,7,10-11,14-15H2,1-2H3. The maximum Gasteiger partial charge on any atom is 0.344 e. The van der Waals surface area contributed by atoms with Crippen molar-refractivity contribution in [2.45, 2.75) is 52.4 Å². The van der Waals surface area contributed by atoms with Crippen LogP contribution in [0.25, 0.3) is 0 Å². The first kappa shape index (κ1) is 17.5. The quantitative estimate of drug-likeness (QED) is 0.441. The van der Waals surface area contributed by atoms with Gasteiger partial charge in [-0.15, -0.1) is 0 Å². The normalized spacial score (nSPS) is 11.9. The van der Waals surface area contributed by atoms with Crippen LogP contribution in [-0.4, -0.2) is 19.2 Å². The molecule has 0 radical (unpaired) electrons. The van der Waals surface area contributed by atoms with Gasteiger partial charge in [0.2, 0.25) is 0 Å². The van der Waals surface area contributed by atoms with E-state index in [1.807, 2.05) is 30.3 Å². The van der Waals surface area contributed by atoms with Gasteiger partial charge in [0, 0.05) is 0 Å². The molecule has 1 rings (SSSR count). The Morgan fingerprint density at radius 3 is 2.48 bits per heavy atom. The lowest BCUT2D eigenvalue weighted by Gasteiger charge is -2.16. The fourth-order valence-corrected chi connectivity index (χ4v) is 2.31. The molecule has 118 valence electrons. The Hall–Kier alpha value is -1.51. The van der Waals surface area contributed by atoms with Crippen molar-refractivity contribution in [2.75, 3.05) is 13.2 Å². The van der Waals surface area contributed by atoms with Crippen LogP contribution in [0.4, 0.5) is 0 Å². The van der Waals surface area contributed by atoms with Crippen LogP contribution in [-0.2, 0) is 9.53 Å². The third kappa shape index (κ3) is 8.38. The third-order valence-electron chi connectivity index (χ3n) is 3.49. The summed E-state index contributed by atoms with van der Waals surface area (Å²) in [7, 11) is 0. The lowest BCUT2D eigenvalue weighted by atomic mass is 9.97. The first-order valence-electron chi connectivity index (χ1n) is 8.09. The minimum absolute atomic E-state index is 0.0161. The number of benzene rings is 1. The molecule has 0 aromatic heterocycles. The second kappa shape index (κ2) is 11.2. The Morgan fingerprint density at radius 1 is 1.05 bits per heavy atom. The van der Waals surface area contributed by atoms with Crippen LogP contribution in [0.3, 0.4) is 0 Å². The summed E-state index contributed by atoms with van der Waals surface area (Å²) in [6.45, 7) is 4.88. The van der Waals surface area contributed by atoms with Crippen molar-refractivity contribution < 1.29 is 14.3 Å². The molecule has 3 nitrogen and oxygen atoms in total. The molecule has 1 unspecified atom stereocenters. The first-order valence-corrected chi connectivity index (χ1v) is 8.09. The summed E-state index contributed by atoms with van der Waals surface area (Å²) < 4.78 is 10.7. The van der Waals surface area contributed by atoms with Gasteiger partial charge in [-0.2, -0.15) is 0 Å². The maximum absolute atomic E-state index is 11.7. The van der Waals surface area contributed by atoms with Gasteiger partial charge in [-0.05, 0) is 30.9 Å². The van der Waals surface area contributed by atoms with E-state index in [0.717, 1.165) is 19.3 Å². The third-order valence-corrected chi connectivity index (χ3v) is 3.49. The van der Waals surface area contributed by atoms with Gasteiger partial charge in [0.25, 0.3) is 0 Å². The van der Waals surface area contributed by atoms with E-state index in [1.54, 1.807) is 0 Å². The number of esters is 1. The zero-order valence-electron chi connectivity index (χ0n) is 13.3. The van der Waals surface area contributed by atoms with Crippen molar-refractivity contribution in [1.82, 2.24) is 0 Å². The molecule has 0 aliphatic carbocycles. The van der Waals surface area contributed by atoms with Crippen molar-refractivity contribution in [3.8, 4) is 5.75 Å².